The quantitative estimate of drug-likeness (QED) is 0.823. The number of sulfonamides is 1. The van der Waals surface area contributed by atoms with Crippen molar-refractivity contribution in [2.24, 2.45) is 0 Å². The lowest BCUT2D eigenvalue weighted by Gasteiger charge is -2.15. The summed E-state index contributed by atoms with van der Waals surface area (Å²) < 4.78 is 25.2. The highest BCUT2D eigenvalue weighted by atomic mass is 35.5. The Kier molecular flexibility index (Phi) is 5.61. The molecule has 0 radical (unpaired) electrons. The molecule has 0 heterocycles. The first-order valence-corrected chi connectivity index (χ1v) is 8.78. The SMILES string of the molecule is CON(C)S(=O)(=O)c1cccc(C(=O)Nc2cc(Cl)ccc2C)c1. The lowest BCUT2D eigenvalue weighted by Crippen LogP contribution is -2.26. The van der Waals surface area contributed by atoms with E-state index in [9.17, 15) is 13.2 Å². The number of carbonyl (C=O) groups excluding carboxylic acids is 1. The molecule has 0 aliphatic rings. The molecule has 0 fully saturated rings. The molecule has 2 aromatic carbocycles. The van der Waals surface area contributed by atoms with Crippen LogP contribution in [0.25, 0.3) is 0 Å². The molecular weight excluding hydrogens is 352 g/mol. The molecule has 2 rings (SSSR count). The second-order valence-electron chi connectivity index (χ2n) is 5.04. The molecule has 0 aliphatic carbocycles. The standard InChI is InChI=1S/C16H17ClN2O4S/c1-11-7-8-13(17)10-15(11)18-16(20)12-5-4-6-14(9-12)24(21,22)19(2)23-3/h4-10H,1-3H3,(H,18,20). The van der Waals surface area contributed by atoms with Crippen molar-refractivity contribution < 1.29 is 18.0 Å². The molecule has 24 heavy (non-hydrogen) atoms. The Labute approximate surface area is 146 Å². The summed E-state index contributed by atoms with van der Waals surface area (Å²) in [6.45, 7) is 1.83. The van der Waals surface area contributed by atoms with Crippen LogP contribution in [-0.2, 0) is 14.9 Å². The number of hydroxylamine groups is 1. The average molecular weight is 369 g/mol. The number of rotatable bonds is 5. The van der Waals surface area contributed by atoms with Gasteiger partial charge in [-0.2, -0.15) is 0 Å². The van der Waals surface area contributed by atoms with Crippen molar-refractivity contribution in [2.45, 2.75) is 11.8 Å². The molecule has 2 aromatic rings. The van der Waals surface area contributed by atoms with Crippen LogP contribution in [0.5, 0.6) is 0 Å². The maximum absolute atomic E-state index is 12.4. The van der Waals surface area contributed by atoms with Gasteiger partial charge in [-0.3, -0.25) is 9.63 Å². The molecule has 0 spiro atoms. The zero-order chi connectivity index (χ0) is 17.9. The maximum Gasteiger partial charge on any atom is 0.264 e. The summed E-state index contributed by atoms with van der Waals surface area (Å²) in [7, 11) is -1.30. The van der Waals surface area contributed by atoms with Gasteiger partial charge in [-0.1, -0.05) is 28.2 Å². The number of carbonyl (C=O) groups is 1. The highest BCUT2D eigenvalue weighted by Gasteiger charge is 2.22. The van der Waals surface area contributed by atoms with Crippen molar-refractivity contribution in [1.29, 1.82) is 0 Å². The minimum Gasteiger partial charge on any atom is -0.322 e. The molecule has 0 bridgehead atoms. The van der Waals surface area contributed by atoms with Crippen LogP contribution in [0.1, 0.15) is 15.9 Å². The minimum atomic E-state index is -3.82. The largest absolute Gasteiger partial charge is 0.322 e. The third-order valence-electron chi connectivity index (χ3n) is 3.44. The normalized spacial score (nSPS) is 11.5. The Morgan fingerprint density at radius 3 is 2.58 bits per heavy atom. The zero-order valence-corrected chi connectivity index (χ0v) is 15.0. The number of nitrogens with one attached hydrogen (secondary N) is 1. The van der Waals surface area contributed by atoms with Gasteiger partial charge >= 0.3 is 0 Å². The number of benzene rings is 2. The molecule has 1 N–H and O–H groups in total. The van der Waals surface area contributed by atoms with E-state index in [2.05, 4.69) is 5.32 Å². The fourth-order valence-corrected chi connectivity index (χ4v) is 3.16. The van der Waals surface area contributed by atoms with Crippen LogP contribution in [0, 0.1) is 6.92 Å². The van der Waals surface area contributed by atoms with Crippen LogP contribution in [0.2, 0.25) is 5.02 Å². The van der Waals surface area contributed by atoms with Gasteiger partial charge in [0.2, 0.25) is 0 Å². The third kappa shape index (κ3) is 3.93. The summed E-state index contributed by atoms with van der Waals surface area (Å²) in [6, 6.07) is 10.9. The van der Waals surface area contributed by atoms with Gasteiger partial charge in [0.25, 0.3) is 15.9 Å². The first-order chi connectivity index (χ1) is 11.3. The van der Waals surface area contributed by atoms with Crippen LogP contribution in [-0.4, -0.2) is 33.0 Å². The van der Waals surface area contributed by atoms with Crippen molar-refractivity contribution in [3.63, 3.8) is 0 Å². The lowest BCUT2D eigenvalue weighted by atomic mass is 10.1. The Balaban J connectivity index is 2.31. The summed E-state index contributed by atoms with van der Waals surface area (Å²) in [6.07, 6.45) is 0. The molecule has 0 unspecified atom stereocenters. The van der Waals surface area contributed by atoms with Crippen molar-refractivity contribution >= 4 is 33.2 Å². The number of anilines is 1. The maximum atomic E-state index is 12.4. The van der Waals surface area contributed by atoms with E-state index in [1.165, 1.54) is 38.4 Å². The first-order valence-electron chi connectivity index (χ1n) is 6.96. The summed E-state index contributed by atoms with van der Waals surface area (Å²) >= 11 is 5.93. The number of halogens is 1. The summed E-state index contributed by atoms with van der Waals surface area (Å²) in [5, 5.41) is 3.22. The number of hydrogen-bond acceptors (Lipinski definition) is 4. The van der Waals surface area contributed by atoms with Crippen LogP contribution >= 0.6 is 11.6 Å². The van der Waals surface area contributed by atoms with E-state index in [0.717, 1.165) is 10.0 Å². The summed E-state index contributed by atoms with van der Waals surface area (Å²) in [4.78, 5) is 17.1. The van der Waals surface area contributed by atoms with Crippen molar-refractivity contribution in [1.82, 2.24) is 4.47 Å². The van der Waals surface area contributed by atoms with Gasteiger partial charge in [0.15, 0.2) is 0 Å². The molecule has 0 atom stereocenters. The van der Waals surface area contributed by atoms with Gasteiger partial charge in [0, 0.05) is 23.3 Å². The smallest absolute Gasteiger partial charge is 0.264 e. The van der Waals surface area contributed by atoms with Gasteiger partial charge in [-0.05, 0) is 42.8 Å². The summed E-state index contributed by atoms with van der Waals surface area (Å²) in [5.41, 5.74) is 1.62. The van der Waals surface area contributed by atoms with Crippen LogP contribution < -0.4 is 5.32 Å². The third-order valence-corrected chi connectivity index (χ3v) is 5.35. The highest BCUT2D eigenvalue weighted by molar-refractivity contribution is 7.89. The fraction of sp³-hybridized carbons (Fsp3) is 0.188. The van der Waals surface area contributed by atoms with E-state index < -0.39 is 15.9 Å². The van der Waals surface area contributed by atoms with Crippen LogP contribution in [0.4, 0.5) is 5.69 Å². The van der Waals surface area contributed by atoms with E-state index in [1.807, 2.05) is 6.92 Å². The molecule has 8 heteroatoms. The Hall–Kier alpha value is -1.93. The number of nitrogens with zero attached hydrogens (tertiary/aromatic N) is 1. The molecule has 0 saturated heterocycles. The molecule has 0 saturated carbocycles. The number of aryl methyl sites for hydroxylation is 1. The van der Waals surface area contributed by atoms with Gasteiger partial charge in [-0.15, -0.1) is 0 Å². The van der Waals surface area contributed by atoms with E-state index in [4.69, 9.17) is 16.4 Å². The average Bonchev–Trinajstić information content (AvgIpc) is 2.57. The molecular formula is C16H17ClN2O4S. The monoisotopic (exact) mass is 368 g/mol. The Morgan fingerprint density at radius 1 is 1.21 bits per heavy atom. The van der Waals surface area contributed by atoms with Gasteiger partial charge in [0.1, 0.15) is 0 Å². The topological polar surface area (TPSA) is 75.7 Å². The van der Waals surface area contributed by atoms with E-state index in [-0.39, 0.29) is 10.5 Å². The number of amides is 1. The molecule has 1 amide bonds. The van der Waals surface area contributed by atoms with Crippen molar-refractivity contribution in [3.8, 4) is 0 Å². The molecule has 6 nitrogen and oxygen atoms in total. The zero-order valence-electron chi connectivity index (χ0n) is 13.4. The van der Waals surface area contributed by atoms with E-state index >= 15 is 0 Å². The molecule has 0 aromatic heterocycles. The van der Waals surface area contributed by atoms with Gasteiger partial charge in [0.05, 0.1) is 12.0 Å². The minimum absolute atomic E-state index is 0.0395. The van der Waals surface area contributed by atoms with Crippen molar-refractivity contribution in [2.75, 3.05) is 19.5 Å². The fourth-order valence-electron chi connectivity index (χ4n) is 1.97. The lowest BCUT2D eigenvalue weighted by molar-refractivity contribution is -0.0258. The predicted octanol–water partition coefficient (Wildman–Crippen LogP) is 3.08. The predicted molar refractivity (Wildman–Crippen MR) is 92.5 cm³/mol. The summed E-state index contributed by atoms with van der Waals surface area (Å²) in [5.74, 6) is -0.433. The van der Waals surface area contributed by atoms with Gasteiger partial charge < -0.3 is 5.32 Å². The van der Waals surface area contributed by atoms with Crippen molar-refractivity contribution in [3.05, 3.63) is 58.6 Å². The first kappa shape index (κ1) is 18.4. The van der Waals surface area contributed by atoms with E-state index in [0.29, 0.717) is 10.7 Å². The second-order valence-corrected chi connectivity index (χ2v) is 7.41. The molecule has 0 aliphatic heterocycles. The van der Waals surface area contributed by atoms with Crippen LogP contribution in [0.15, 0.2) is 47.4 Å². The van der Waals surface area contributed by atoms with E-state index in [1.54, 1.807) is 18.2 Å². The molecule has 128 valence electrons. The number of hydrogen-bond donors (Lipinski definition) is 1. The van der Waals surface area contributed by atoms with Gasteiger partial charge in [-0.25, -0.2) is 8.42 Å². The Bertz CT molecular complexity index is 868. The van der Waals surface area contributed by atoms with Crippen LogP contribution in [0.3, 0.4) is 0 Å². The second kappa shape index (κ2) is 7.31. The highest BCUT2D eigenvalue weighted by Crippen LogP contribution is 2.22. The Morgan fingerprint density at radius 2 is 1.92 bits per heavy atom.